The number of nitrogens with one attached hydrogen (secondary N) is 2. The van der Waals surface area contributed by atoms with Crippen LogP contribution in [-0.2, 0) is 9.05 Å². The topological polar surface area (TPSA) is 79.0 Å². The van der Waals surface area contributed by atoms with E-state index in [1.165, 1.54) is 12.3 Å². The maximum atomic E-state index is 11.5. The second-order valence-corrected chi connectivity index (χ2v) is 6.36. The Morgan fingerprint density at radius 1 is 1.56 bits per heavy atom. The lowest BCUT2D eigenvalue weighted by Gasteiger charge is -2.05. The molecule has 1 rings (SSSR count). The Hall–Kier alpha value is -1.01. The van der Waals surface area contributed by atoms with Gasteiger partial charge in [-0.15, -0.1) is 0 Å². The smallest absolute Gasteiger partial charge is 0.267 e. The van der Waals surface area contributed by atoms with E-state index in [2.05, 4.69) is 10.3 Å². The van der Waals surface area contributed by atoms with E-state index in [-0.39, 0.29) is 16.5 Å². The quantitative estimate of drug-likeness (QED) is 0.805. The van der Waals surface area contributed by atoms with Crippen molar-refractivity contribution >= 4 is 25.6 Å². The Bertz CT molecular complexity index is 479. The van der Waals surface area contributed by atoms with Gasteiger partial charge in [-0.3, -0.25) is 4.79 Å². The maximum Gasteiger partial charge on any atom is 0.267 e. The Morgan fingerprint density at radius 2 is 2.19 bits per heavy atom. The standard InChI is InChI=1S/C9H13ClN2O3S/c1-6(2)4-12-9(13)8-3-7(5-11-8)16(10,14)15/h3,5-6,11H,4H2,1-2H3,(H,12,13). The highest BCUT2D eigenvalue weighted by Crippen LogP contribution is 2.15. The van der Waals surface area contributed by atoms with Gasteiger partial charge in [0, 0.05) is 23.4 Å². The van der Waals surface area contributed by atoms with E-state index in [0.717, 1.165) is 0 Å². The first kappa shape index (κ1) is 13.1. The van der Waals surface area contributed by atoms with Gasteiger partial charge in [-0.05, 0) is 12.0 Å². The van der Waals surface area contributed by atoms with E-state index in [1.54, 1.807) is 0 Å². The van der Waals surface area contributed by atoms with Gasteiger partial charge in [0.1, 0.15) is 10.6 Å². The molecule has 0 atom stereocenters. The molecule has 0 aliphatic heterocycles. The molecule has 0 aliphatic rings. The molecule has 1 aromatic heterocycles. The number of rotatable bonds is 4. The minimum absolute atomic E-state index is 0.108. The van der Waals surface area contributed by atoms with E-state index in [9.17, 15) is 13.2 Å². The van der Waals surface area contributed by atoms with Crippen molar-refractivity contribution in [2.24, 2.45) is 5.92 Å². The average Bonchev–Trinajstić information content (AvgIpc) is 2.61. The van der Waals surface area contributed by atoms with Crippen molar-refractivity contribution in [1.29, 1.82) is 0 Å². The molecular weight excluding hydrogens is 252 g/mol. The molecule has 5 nitrogen and oxygen atoms in total. The second-order valence-electron chi connectivity index (χ2n) is 3.79. The lowest BCUT2D eigenvalue weighted by molar-refractivity contribution is 0.0944. The van der Waals surface area contributed by atoms with Crippen molar-refractivity contribution in [3.63, 3.8) is 0 Å². The summed E-state index contributed by atoms with van der Waals surface area (Å²) in [6.07, 6.45) is 1.19. The van der Waals surface area contributed by atoms with Crippen molar-refractivity contribution in [1.82, 2.24) is 10.3 Å². The van der Waals surface area contributed by atoms with Gasteiger partial charge >= 0.3 is 0 Å². The first-order valence-corrected chi connectivity index (χ1v) is 7.03. The van der Waals surface area contributed by atoms with E-state index >= 15 is 0 Å². The minimum Gasteiger partial charge on any atom is -0.356 e. The average molecular weight is 265 g/mol. The highest BCUT2D eigenvalue weighted by Gasteiger charge is 2.15. The Balaban J connectivity index is 2.75. The summed E-state index contributed by atoms with van der Waals surface area (Å²) in [5, 5.41) is 2.66. The highest BCUT2D eigenvalue weighted by atomic mass is 35.7. The Morgan fingerprint density at radius 3 is 2.62 bits per heavy atom. The van der Waals surface area contributed by atoms with Gasteiger partial charge in [0.05, 0.1) is 0 Å². The maximum absolute atomic E-state index is 11.5. The van der Waals surface area contributed by atoms with E-state index in [4.69, 9.17) is 10.7 Å². The summed E-state index contributed by atoms with van der Waals surface area (Å²) in [4.78, 5) is 14.0. The number of aromatic nitrogens is 1. The van der Waals surface area contributed by atoms with Crippen LogP contribution in [0.4, 0.5) is 0 Å². The van der Waals surface area contributed by atoms with Crippen molar-refractivity contribution in [2.45, 2.75) is 18.7 Å². The molecule has 2 N–H and O–H groups in total. The fourth-order valence-corrected chi connectivity index (χ4v) is 1.76. The van der Waals surface area contributed by atoms with E-state index in [1.807, 2.05) is 13.8 Å². The van der Waals surface area contributed by atoms with Gasteiger partial charge in [0.15, 0.2) is 0 Å². The first-order valence-electron chi connectivity index (χ1n) is 4.72. The molecule has 0 fully saturated rings. The molecule has 0 bridgehead atoms. The predicted molar refractivity (Wildman–Crippen MR) is 61.0 cm³/mol. The summed E-state index contributed by atoms with van der Waals surface area (Å²) in [6.45, 7) is 4.45. The number of amides is 1. The van der Waals surface area contributed by atoms with Crippen molar-refractivity contribution in [3.05, 3.63) is 18.0 Å². The van der Waals surface area contributed by atoms with Crippen molar-refractivity contribution < 1.29 is 13.2 Å². The zero-order valence-electron chi connectivity index (χ0n) is 8.95. The zero-order valence-corrected chi connectivity index (χ0v) is 10.5. The number of hydrogen-bond donors (Lipinski definition) is 2. The number of carbonyl (C=O) groups excluding carboxylic acids is 1. The molecule has 0 aliphatic carbocycles. The monoisotopic (exact) mass is 264 g/mol. The van der Waals surface area contributed by atoms with Crippen LogP contribution in [-0.4, -0.2) is 25.9 Å². The molecular formula is C9H13ClN2O3S. The number of aromatic amines is 1. The fourth-order valence-electron chi connectivity index (χ4n) is 1.04. The summed E-state index contributed by atoms with van der Waals surface area (Å²) in [6, 6.07) is 1.21. The largest absolute Gasteiger partial charge is 0.356 e. The molecule has 7 heteroatoms. The van der Waals surface area contributed by atoms with Crippen molar-refractivity contribution in [3.8, 4) is 0 Å². The number of H-pyrrole nitrogens is 1. The van der Waals surface area contributed by atoms with Gasteiger partial charge in [-0.25, -0.2) is 8.42 Å². The lowest BCUT2D eigenvalue weighted by atomic mass is 10.2. The van der Waals surface area contributed by atoms with Crippen LogP contribution >= 0.6 is 10.7 Å². The number of halogens is 1. The molecule has 0 spiro atoms. The van der Waals surface area contributed by atoms with Crippen LogP contribution in [0.1, 0.15) is 24.3 Å². The summed E-state index contributed by atoms with van der Waals surface area (Å²) in [5.74, 6) is -0.0181. The SMILES string of the molecule is CC(C)CNC(=O)c1cc(S(=O)(=O)Cl)c[nH]1. The molecule has 16 heavy (non-hydrogen) atoms. The second kappa shape index (κ2) is 4.88. The molecule has 0 unspecified atom stereocenters. The Kier molecular flexibility index (Phi) is 3.98. The molecule has 0 saturated heterocycles. The molecule has 1 amide bonds. The third-order valence-electron chi connectivity index (χ3n) is 1.85. The van der Waals surface area contributed by atoms with Crippen LogP contribution in [0.2, 0.25) is 0 Å². The fraction of sp³-hybridized carbons (Fsp3) is 0.444. The van der Waals surface area contributed by atoms with Crippen LogP contribution in [0.3, 0.4) is 0 Å². The van der Waals surface area contributed by atoms with Crippen LogP contribution < -0.4 is 5.32 Å². The number of carbonyl (C=O) groups is 1. The van der Waals surface area contributed by atoms with Crippen molar-refractivity contribution in [2.75, 3.05) is 6.54 Å². The summed E-state index contributed by atoms with van der Waals surface area (Å²) in [5.41, 5.74) is 0.180. The van der Waals surface area contributed by atoms with Gasteiger partial charge in [0.25, 0.3) is 15.0 Å². The molecule has 1 heterocycles. The Labute approximate surface area is 98.6 Å². The summed E-state index contributed by atoms with van der Waals surface area (Å²) in [7, 11) is 1.34. The molecule has 1 aromatic rings. The van der Waals surface area contributed by atoms with E-state index in [0.29, 0.717) is 12.5 Å². The zero-order chi connectivity index (χ0) is 12.3. The molecule has 0 radical (unpaired) electrons. The van der Waals surface area contributed by atoms with Crippen LogP contribution in [0.25, 0.3) is 0 Å². The minimum atomic E-state index is -3.79. The molecule has 0 saturated carbocycles. The molecule has 90 valence electrons. The molecule has 0 aromatic carbocycles. The van der Waals surface area contributed by atoms with E-state index < -0.39 is 9.05 Å². The highest BCUT2D eigenvalue weighted by molar-refractivity contribution is 8.13. The summed E-state index contributed by atoms with van der Waals surface area (Å²) >= 11 is 0. The lowest BCUT2D eigenvalue weighted by Crippen LogP contribution is -2.27. The van der Waals surface area contributed by atoms with Crippen LogP contribution in [0.15, 0.2) is 17.2 Å². The van der Waals surface area contributed by atoms with Crippen LogP contribution in [0.5, 0.6) is 0 Å². The third-order valence-corrected chi connectivity index (χ3v) is 3.19. The third kappa shape index (κ3) is 3.53. The van der Waals surface area contributed by atoms with Crippen LogP contribution in [0, 0.1) is 5.92 Å². The van der Waals surface area contributed by atoms with Gasteiger partial charge in [-0.1, -0.05) is 13.8 Å². The number of hydrogen-bond acceptors (Lipinski definition) is 3. The first-order chi connectivity index (χ1) is 7.30. The predicted octanol–water partition coefficient (Wildman–Crippen LogP) is 1.33. The van der Waals surface area contributed by atoms with Gasteiger partial charge < -0.3 is 10.3 Å². The summed E-state index contributed by atoms with van der Waals surface area (Å²) < 4.78 is 21.9. The normalized spacial score (nSPS) is 11.8. The van der Waals surface area contributed by atoms with Gasteiger partial charge in [-0.2, -0.15) is 0 Å². The van der Waals surface area contributed by atoms with Gasteiger partial charge in [0.2, 0.25) is 0 Å².